The van der Waals surface area contributed by atoms with E-state index in [1.807, 2.05) is 13.0 Å². The van der Waals surface area contributed by atoms with E-state index in [2.05, 4.69) is 59.2 Å². The normalized spacial score (nSPS) is 14.8. The Labute approximate surface area is 186 Å². The van der Waals surface area contributed by atoms with Gasteiger partial charge in [0.2, 0.25) is 0 Å². The fraction of sp³-hybridized carbons (Fsp3) is 0.381. The monoisotopic (exact) mass is 484 g/mol. The number of halogens is 1. The van der Waals surface area contributed by atoms with Gasteiger partial charge in [-0.05, 0) is 52.6 Å². The number of carbonyl (C=O) groups is 1. The standard InChI is InChI=1S/C21H29BrN2O2S2/c1-9-13-15(20(25)26-12-4)19(23-8)27-18(11-3)16(17(22)10-2)14-24-28-21(5,6)7/h9-11,13-14H,1,3,12H2,2,4-8H3/b15-13+,17-10+,18-16+,23-19?,24-14+. The van der Waals surface area contributed by atoms with Crippen molar-refractivity contribution in [3.05, 3.63) is 58.0 Å². The molecule has 0 rings (SSSR count). The Kier molecular flexibility index (Phi) is 13.2. The first kappa shape index (κ1) is 26.7. The van der Waals surface area contributed by atoms with Gasteiger partial charge in [0.1, 0.15) is 5.04 Å². The summed E-state index contributed by atoms with van der Waals surface area (Å²) in [6, 6.07) is 0. The van der Waals surface area contributed by atoms with Crippen LogP contribution in [-0.4, -0.2) is 35.6 Å². The number of esters is 1. The number of carbonyl (C=O) groups excluding carboxylic acids is 1. The van der Waals surface area contributed by atoms with Crippen molar-refractivity contribution in [2.24, 2.45) is 9.39 Å². The molecule has 0 aromatic carbocycles. The number of aliphatic imine (C=N–C) groups is 1. The van der Waals surface area contributed by atoms with Crippen molar-refractivity contribution in [1.29, 1.82) is 0 Å². The molecule has 0 bridgehead atoms. The lowest BCUT2D eigenvalue weighted by molar-refractivity contribution is -0.137. The molecule has 0 spiro atoms. The van der Waals surface area contributed by atoms with Crippen molar-refractivity contribution >= 4 is 56.9 Å². The zero-order chi connectivity index (χ0) is 21.7. The molecule has 0 aromatic rings. The minimum absolute atomic E-state index is 0.00527. The van der Waals surface area contributed by atoms with Crippen LogP contribution in [0.15, 0.2) is 67.4 Å². The second-order valence-electron chi connectivity index (χ2n) is 6.22. The van der Waals surface area contributed by atoms with Crippen molar-refractivity contribution in [3.8, 4) is 0 Å². The third-order valence-corrected chi connectivity index (χ3v) is 5.74. The highest BCUT2D eigenvalue weighted by molar-refractivity contribution is 9.12. The average Bonchev–Trinajstić information content (AvgIpc) is 2.64. The molecule has 0 atom stereocenters. The molecule has 0 heterocycles. The van der Waals surface area contributed by atoms with Crippen LogP contribution in [0.2, 0.25) is 0 Å². The van der Waals surface area contributed by atoms with Crippen LogP contribution in [0.25, 0.3) is 0 Å². The van der Waals surface area contributed by atoms with Gasteiger partial charge in [0.05, 0.1) is 12.2 Å². The summed E-state index contributed by atoms with van der Waals surface area (Å²) in [7, 11) is 1.63. The summed E-state index contributed by atoms with van der Waals surface area (Å²) in [6.45, 7) is 17.9. The third kappa shape index (κ3) is 9.75. The average molecular weight is 486 g/mol. The number of hydrogen-bond acceptors (Lipinski definition) is 6. The van der Waals surface area contributed by atoms with Crippen LogP contribution < -0.4 is 0 Å². The SMILES string of the molecule is C=C/C=C(/C(=O)OCC)C(=NC)S/C(C=C)=C(\C=N\SC(C)(C)C)C(/Br)=C\C. The van der Waals surface area contributed by atoms with Crippen LogP contribution in [0.4, 0.5) is 0 Å². The summed E-state index contributed by atoms with van der Waals surface area (Å²) in [5, 5.41) is 0.513. The molecule has 0 N–H and O–H groups in total. The van der Waals surface area contributed by atoms with Crippen molar-refractivity contribution in [2.45, 2.75) is 39.4 Å². The first-order valence-electron chi connectivity index (χ1n) is 8.70. The maximum absolute atomic E-state index is 12.3. The molecule has 0 aromatic heterocycles. The first-order valence-corrected chi connectivity index (χ1v) is 11.1. The molecule has 0 saturated heterocycles. The number of rotatable bonds is 9. The van der Waals surface area contributed by atoms with Crippen LogP contribution >= 0.6 is 39.6 Å². The maximum atomic E-state index is 12.3. The fourth-order valence-corrected chi connectivity index (χ4v) is 3.56. The van der Waals surface area contributed by atoms with E-state index in [0.717, 1.165) is 15.0 Å². The predicted molar refractivity (Wildman–Crippen MR) is 132 cm³/mol. The van der Waals surface area contributed by atoms with Gasteiger partial charge in [0.25, 0.3) is 0 Å². The zero-order valence-corrected chi connectivity index (χ0v) is 20.6. The summed E-state index contributed by atoms with van der Waals surface area (Å²) in [5.41, 5.74) is 1.20. The summed E-state index contributed by atoms with van der Waals surface area (Å²) in [4.78, 5) is 17.4. The molecular weight excluding hydrogens is 456 g/mol. The van der Waals surface area contributed by atoms with Gasteiger partial charge in [-0.15, -0.1) is 0 Å². The first-order chi connectivity index (χ1) is 13.1. The molecule has 4 nitrogen and oxygen atoms in total. The molecule has 154 valence electrons. The van der Waals surface area contributed by atoms with Gasteiger partial charge in [-0.1, -0.05) is 59.1 Å². The van der Waals surface area contributed by atoms with Gasteiger partial charge in [-0.2, -0.15) is 0 Å². The highest BCUT2D eigenvalue weighted by Gasteiger charge is 2.20. The van der Waals surface area contributed by atoms with Crippen molar-refractivity contribution < 1.29 is 9.53 Å². The van der Waals surface area contributed by atoms with E-state index < -0.39 is 5.97 Å². The van der Waals surface area contributed by atoms with Crippen LogP contribution in [0, 0.1) is 0 Å². The van der Waals surface area contributed by atoms with Gasteiger partial charge in [0.15, 0.2) is 0 Å². The Morgan fingerprint density at radius 1 is 1.29 bits per heavy atom. The smallest absolute Gasteiger partial charge is 0.340 e. The molecule has 0 radical (unpaired) electrons. The minimum atomic E-state index is -0.442. The highest BCUT2D eigenvalue weighted by Crippen LogP contribution is 2.32. The lowest BCUT2D eigenvalue weighted by Gasteiger charge is -2.14. The zero-order valence-electron chi connectivity index (χ0n) is 17.4. The van der Waals surface area contributed by atoms with E-state index in [1.54, 1.807) is 38.4 Å². The van der Waals surface area contributed by atoms with Crippen molar-refractivity contribution in [2.75, 3.05) is 13.7 Å². The van der Waals surface area contributed by atoms with E-state index in [-0.39, 0.29) is 11.4 Å². The molecule has 0 amide bonds. The van der Waals surface area contributed by atoms with Gasteiger partial charge in [-0.3, -0.25) is 4.99 Å². The molecule has 0 unspecified atom stereocenters. The third-order valence-electron chi connectivity index (χ3n) is 2.89. The Balaban J connectivity index is 6.11. The van der Waals surface area contributed by atoms with Crippen LogP contribution in [0.5, 0.6) is 0 Å². The Bertz CT molecular complexity index is 727. The van der Waals surface area contributed by atoms with Gasteiger partial charge in [0, 0.05) is 33.0 Å². The van der Waals surface area contributed by atoms with Crippen LogP contribution in [0.3, 0.4) is 0 Å². The molecule has 28 heavy (non-hydrogen) atoms. The minimum Gasteiger partial charge on any atom is -0.462 e. The Hall–Kier alpha value is -1.31. The molecule has 0 fully saturated rings. The van der Waals surface area contributed by atoms with Crippen molar-refractivity contribution in [3.63, 3.8) is 0 Å². The van der Waals surface area contributed by atoms with Crippen LogP contribution in [0.1, 0.15) is 34.6 Å². The number of allylic oxidation sites excluding steroid dienone is 6. The number of thioether (sulfide) groups is 1. The second kappa shape index (κ2) is 13.8. The van der Waals surface area contributed by atoms with E-state index in [4.69, 9.17) is 4.74 Å². The number of ether oxygens (including phenoxy) is 1. The quantitative estimate of drug-likeness (QED) is 0.0913. The maximum Gasteiger partial charge on any atom is 0.340 e. The predicted octanol–water partition coefficient (Wildman–Crippen LogP) is 6.68. The molecule has 0 aliphatic heterocycles. The van der Waals surface area contributed by atoms with E-state index in [9.17, 15) is 4.79 Å². The van der Waals surface area contributed by atoms with E-state index >= 15 is 0 Å². The lowest BCUT2D eigenvalue weighted by atomic mass is 10.2. The Morgan fingerprint density at radius 3 is 2.36 bits per heavy atom. The second-order valence-corrected chi connectivity index (χ2v) is 9.73. The van der Waals surface area contributed by atoms with Crippen molar-refractivity contribution in [1.82, 2.24) is 0 Å². The topological polar surface area (TPSA) is 51.0 Å². The molecule has 7 heteroatoms. The molecule has 0 saturated carbocycles. The summed E-state index contributed by atoms with van der Waals surface area (Å²) in [5.74, 6) is -0.442. The van der Waals surface area contributed by atoms with Gasteiger partial charge < -0.3 is 4.74 Å². The summed E-state index contributed by atoms with van der Waals surface area (Å²) in [6.07, 6.45) is 8.59. The van der Waals surface area contributed by atoms with Crippen LogP contribution in [-0.2, 0) is 9.53 Å². The van der Waals surface area contributed by atoms with Gasteiger partial charge in [-0.25, -0.2) is 9.19 Å². The molecular formula is C21H29BrN2O2S2. The number of hydrogen-bond donors (Lipinski definition) is 0. The molecule has 0 aliphatic rings. The number of nitrogens with zero attached hydrogens (tertiary/aromatic N) is 2. The van der Waals surface area contributed by atoms with E-state index in [0.29, 0.717) is 10.6 Å². The molecule has 0 aliphatic carbocycles. The largest absolute Gasteiger partial charge is 0.462 e. The fourth-order valence-electron chi connectivity index (χ4n) is 1.72. The van der Waals surface area contributed by atoms with Gasteiger partial charge >= 0.3 is 5.97 Å². The lowest BCUT2D eigenvalue weighted by Crippen LogP contribution is -2.14. The summed E-state index contributed by atoms with van der Waals surface area (Å²) < 4.78 is 10.5. The van der Waals surface area contributed by atoms with E-state index in [1.165, 1.54) is 23.7 Å². The Morgan fingerprint density at radius 2 is 1.93 bits per heavy atom. The summed E-state index contributed by atoms with van der Waals surface area (Å²) >= 11 is 6.39. The highest BCUT2D eigenvalue weighted by atomic mass is 79.9.